The summed E-state index contributed by atoms with van der Waals surface area (Å²) >= 11 is 0. The Morgan fingerprint density at radius 3 is 2.42 bits per heavy atom. The van der Waals surface area contributed by atoms with Gasteiger partial charge in [-0.3, -0.25) is 0 Å². The van der Waals surface area contributed by atoms with E-state index in [0.29, 0.717) is 17.3 Å². The molecule has 0 saturated carbocycles. The number of nitrogens with zero attached hydrogens (tertiary/aromatic N) is 1. The smallest absolute Gasteiger partial charge is 0.337 e. The Labute approximate surface area is 115 Å². The maximum Gasteiger partial charge on any atom is 0.337 e. The first-order valence-electron chi connectivity index (χ1n) is 6.91. The molecule has 1 rings (SSSR count). The van der Waals surface area contributed by atoms with Crippen molar-refractivity contribution in [1.29, 1.82) is 0 Å². The Kier molecular flexibility index (Phi) is 5.67. The summed E-state index contributed by atoms with van der Waals surface area (Å²) in [4.78, 5) is 13.4. The lowest BCUT2D eigenvalue weighted by Gasteiger charge is -2.29. The fourth-order valence-electron chi connectivity index (χ4n) is 2.32. The quantitative estimate of drug-likeness (QED) is 0.742. The van der Waals surface area contributed by atoms with Crippen LogP contribution in [0.4, 0.5) is 11.4 Å². The van der Waals surface area contributed by atoms with E-state index in [-0.39, 0.29) is 5.56 Å². The molecule has 0 aliphatic rings. The van der Waals surface area contributed by atoms with Crippen molar-refractivity contribution >= 4 is 17.3 Å². The van der Waals surface area contributed by atoms with Gasteiger partial charge in [0.05, 0.1) is 16.9 Å². The van der Waals surface area contributed by atoms with E-state index in [1.165, 1.54) is 0 Å². The number of hydrogen-bond donors (Lipinski definition) is 2. The molecule has 0 aliphatic carbocycles. The molecular formula is C15H24N2O2. The first-order chi connectivity index (χ1) is 9.04. The van der Waals surface area contributed by atoms with E-state index in [0.717, 1.165) is 25.9 Å². The van der Waals surface area contributed by atoms with Crippen molar-refractivity contribution in [2.75, 3.05) is 23.7 Å². The van der Waals surface area contributed by atoms with Crippen LogP contribution in [0.25, 0.3) is 0 Å². The van der Waals surface area contributed by atoms with E-state index >= 15 is 0 Å². The summed E-state index contributed by atoms with van der Waals surface area (Å²) in [5.74, 6) is -0.369. The number of rotatable bonds is 7. The summed E-state index contributed by atoms with van der Waals surface area (Å²) in [5.41, 5.74) is 7.47. The predicted octanol–water partition coefficient (Wildman–Crippen LogP) is 3.23. The molecule has 0 saturated heterocycles. The van der Waals surface area contributed by atoms with Crippen LogP contribution in [0.15, 0.2) is 18.2 Å². The van der Waals surface area contributed by atoms with Crippen LogP contribution in [0.5, 0.6) is 0 Å². The monoisotopic (exact) mass is 264 g/mol. The Hall–Kier alpha value is -1.71. The number of benzene rings is 1. The van der Waals surface area contributed by atoms with Crippen LogP contribution in [0.2, 0.25) is 0 Å². The standard InChI is InChI=1S/C15H24N2O2/c1-4-11(5-2)10-17(6-3)14-12(15(18)19)8-7-9-13(14)16/h7-9,11H,4-6,10,16H2,1-3H3,(H,18,19). The molecule has 19 heavy (non-hydrogen) atoms. The Morgan fingerprint density at radius 1 is 1.32 bits per heavy atom. The average molecular weight is 264 g/mol. The second-order valence-corrected chi connectivity index (χ2v) is 4.77. The molecule has 0 unspecified atom stereocenters. The van der Waals surface area contributed by atoms with Gasteiger partial charge in [0.2, 0.25) is 0 Å². The van der Waals surface area contributed by atoms with Gasteiger partial charge in [0.15, 0.2) is 0 Å². The summed E-state index contributed by atoms with van der Waals surface area (Å²) < 4.78 is 0. The maximum absolute atomic E-state index is 11.3. The van der Waals surface area contributed by atoms with Gasteiger partial charge >= 0.3 is 5.97 Å². The number of carboxylic acids is 1. The van der Waals surface area contributed by atoms with Crippen LogP contribution in [0.1, 0.15) is 44.0 Å². The molecule has 0 amide bonds. The number of carbonyl (C=O) groups is 1. The molecular weight excluding hydrogens is 240 g/mol. The Morgan fingerprint density at radius 2 is 1.95 bits per heavy atom. The van der Waals surface area contributed by atoms with Gasteiger partial charge in [0, 0.05) is 13.1 Å². The summed E-state index contributed by atoms with van der Waals surface area (Å²) in [7, 11) is 0. The molecule has 0 radical (unpaired) electrons. The van der Waals surface area contributed by atoms with Gasteiger partial charge in [-0.25, -0.2) is 4.79 Å². The largest absolute Gasteiger partial charge is 0.478 e. The van der Waals surface area contributed by atoms with Crippen LogP contribution < -0.4 is 10.6 Å². The molecule has 1 aromatic carbocycles. The zero-order valence-electron chi connectivity index (χ0n) is 12.0. The van der Waals surface area contributed by atoms with Crippen LogP contribution >= 0.6 is 0 Å². The van der Waals surface area contributed by atoms with Crippen molar-refractivity contribution in [3.05, 3.63) is 23.8 Å². The van der Waals surface area contributed by atoms with Gasteiger partial charge in [-0.2, -0.15) is 0 Å². The number of nitrogen functional groups attached to an aromatic ring is 1. The first-order valence-corrected chi connectivity index (χ1v) is 6.91. The van der Waals surface area contributed by atoms with Crippen LogP contribution in [-0.2, 0) is 0 Å². The lowest BCUT2D eigenvalue weighted by molar-refractivity contribution is 0.0697. The lowest BCUT2D eigenvalue weighted by atomic mass is 10.0. The average Bonchev–Trinajstić information content (AvgIpc) is 2.40. The number of para-hydroxylation sites is 1. The third-order valence-corrected chi connectivity index (χ3v) is 3.63. The molecule has 4 heteroatoms. The van der Waals surface area contributed by atoms with E-state index in [4.69, 9.17) is 5.73 Å². The molecule has 1 aromatic rings. The summed E-state index contributed by atoms with van der Waals surface area (Å²) in [6.45, 7) is 7.95. The van der Waals surface area contributed by atoms with E-state index < -0.39 is 5.97 Å². The van der Waals surface area contributed by atoms with E-state index in [9.17, 15) is 9.90 Å². The molecule has 0 aromatic heterocycles. The summed E-state index contributed by atoms with van der Waals surface area (Å²) in [6, 6.07) is 5.06. The van der Waals surface area contributed by atoms with Crippen LogP contribution in [0.3, 0.4) is 0 Å². The lowest BCUT2D eigenvalue weighted by Crippen LogP contribution is -2.31. The summed E-state index contributed by atoms with van der Waals surface area (Å²) in [5, 5.41) is 9.30. The topological polar surface area (TPSA) is 66.6 Å². The fraction of sp³-hybridized carbons (Fsp3) is 0.533. The zero-order valence-corrected chi connectivity index (χ0v) is 12.0. The van der Waals surface area contributed by atoms with Gasteiger partial charge in [0.25, 0.3) is 0 Å². The molecule has 0 spiro atoms. The first kappa shape index (κ1) is 15.3. The highest BCUT2D eigenvalue weighted by atomic mass is 16.4. The highest BCUT2D eigenvalue weighted by Crippen LogP contribution is 2.29. The van der Waals surface area contributed by atoms with Crippen LogP contribution in [-0.4, -0.2) is 24.2 Å². The normalized spacial score (nSPS) is 10.7. The van der Waals surface area contributed by atoms with Crippen molar-refractivity contribution < 1.29 is 9.90 Å². The minimum absolute atomic E-state index is 0.285. The number of hydrogen-bond acceptors (Lipinski definition) is 3. The minimum Gasteiger partial charge on any atom is -0.478 e. The minimum atomic E-state index is -0.926. The fourth-order valence-corrected chi connectivity index (χ4v) is 2.32. The molecule has 0 bridgehead atoms. The highest BCUT2D eigenvalue weighted by molar-refractivity contribution is 5.98. The number of anilines is 2. The predicted molar refractivity (Wildman–Crippen MR) is 79.8 cm³/mol. The van der Waals surface area contributed by atoms with E-state index in [1.54, 1.807) is 18.2 Å². The molecule has 0 fully saturated rings. The third kappa shape index (κ3) is 3.63. The van der Waals surface area contributed by atoms with Crippen LogP contribution in [0, 0.1) is 5.92 Å². The second kappa shape index (κ2) is 7.02. The molecule has 0 aliphatic heterocycles. The molecule has 0 heterocycles. The van der Waals surface area contributed by atoms with Gasteiger partial charge in [-0.1, -0.05) is 32.8 Å². The third-order valence-electron chi connectivity index (χ3n) is 3.63. The van der Waals surface area contributed by atoms with E-state index in [2.05, 4.69) is 18.7 Å². The molecule has 0 atom stereocenters. The Bertz CT molecular complexity index is 428. The molecule has 4 nitrogen and oxygen atoms in total. The van der Waals surface area contributed by atoms with Crippen molar-refractivity contribution in [2.45, 2.75) is 33.6 Å². The number of carboxylic acid groups (broad SMARTS) is 1. The van der Waals surface area contributed by atoms with Gasteiger partial charge < -0.3 is 15.7 Å². The van der Waals surface area contributed by atoms with Gasteiger partial charge in [-0.15, -0.1) is 0 Å². The molecule has 3 N–H and O–H groups in total. The van der Waals surface area contributed by atoms with Crippen molar-refractivity contribution in [3.63, 3.8) is 0 Å². The maximum atomic E-state index is 11.3. The van der Waals surface area contributed by atoms with Crippen molar-refractivity contribution in [2.24, 2.45) is 5.92 Å². The van der Waals surface area contributed by atoms with Crippen molar-refractivity contribution in [3.8, 4) is 0 Å². The molecule has 106 valence electrons. The number of aromatic carboxylic acids is 1. The van der Waals surface area contributed by atoms with Gasteiger partial charge in [-0.05, 0) is 25.0 Å². The summed E-state index contributed by atoms with van der Waals surface area (Å²) in [6.07, 6.45) is 2.17. The highest BCUT2D eigenvalue weighted by Gasteiger charge is 2.19. The second-order valence-electron chi connectivity index (χ2n) is 4.77. The zero-order chi connectivity index (χ0) is 14.4. The Balaban J connectivity index is 3.13. The van der Waals surface area contributed by atoms with E-state index in [1.807, 2.05) is 6.92 Å². The number of nitrogens with two attached hydrogens (primary N) is 1. The van der Waals surface area contributed by atoms with Crippen molar-refractivity contribution in [1.82, 2.24) is 0 Å². The van der Waals surface area contributed by atoms with Gasteiger partial charge in [0.1, 0.15) is 0 Å². The SMILES string of the molecule is CCC(CC)CN(CC)c1c(N)cccc1C(=O)O.